The SMILES string of the molecule is CC1CCc2c(sc3nc(SCC(=O)OC4CCCC(C)C4)[nH]c(=O)c23)C1. The first-order chi connectivity index (χ1) is 13.0. The van der Waals surface area contributed by atoms with Crippen molar-refractivity contribution in [3.05, 3.63) is 20.8 Å². The van der Waals surface area contributed by atoms with Gasteiger partial charge in [0.2, 0.25) is 0 Å². The van der Waals surface area contributed by atoms with Gasteiger partial charge >= 0.3 is 5.97 Å². The monoisotopic (exact) mass is 406 g/mol. The number of hydrogen-bond donors (Lipinski definition) is 1. The number of thiophene rings is 1. The Morgan fingerprint density at radius 2 is 2.15 bits per heavy atom. The molecule has 0 bridgehead atoms. The molecule has 0 aromatic carbocycles. The van der Waals surface area contributed by atoms with Crippen LogP contribution in [0.3, 0.4) is 0 Å². The number of nitrogens with zero attached hydrogens (tertiary/aromatic N) is 1. The fourth-order valence-corrected chi connectivity index (χ4v) is 6.31. The lowest BCUT2D eigenvalue weighted by Crippen LogP contribution is -2.25. The van der Waals surface area contributed by atoms with Crippen LogP contribution in [0.4, 0.5) is 0 Å². The highest BCUT2D eigenvalue weighted by molar-refractivity contribution is 7.99. The van der Waals surface area contributed by atoms with Crippen LogP contribution in [0, 0.1) is 11.8 Å². The van der Waals surface area contributed by atoms with Crippen molar-refractivity contribution in [1.29, 1.82) is 0 Å². The van der Waals surface area contributed by atoms with Crippen LogP contribution >= 0.6 is 23.1 Å². The second-order valence-electron chi connectivity index (χ2n) is 8.08. The summed E-state index contributed by atoms with van der Waals surface area (Å²) < 4.78 is 5.60. The normalized spacial score (nSPS) is 25.3. The van der Waals surface area contributed by atoms with Gasteiger partial charge in [-0.2, -0.15) is 0 Å². The first-order valence-corrected chi connectivity index (χ1v) is 11.7. The molecule has 2 aliphatic rings. The van der Waals surface area contributed by atoms with Gasteiger partial charge < -0.3 is 9.72 Å². The van der Waals surface area contributed by atoms with Crippen LogP contribution in [0.2, 0.25) is 0 Å². The van der Waals surface area contributed by atoms with Crippen molar-refractivity contribution in [1.82, 2.24) is 9.97 Å². The number of nitrogens with one attached hydrogen (secondary N) is 1. The molecule has 2 heterocycles. The molecular formula is C20H26N2O3S2. The topological polar surface area (TPSA) is 72.0 Å². The number of esters is 1. The quantitative estimate of drug-likeness (QED) is 0.465. The highest BCUT2D eigenvalue weighted by Gasteiger charge is 2.24. The van der Waals surface area contributed by atoms with Gasteiger partial charge in [0.05, 0.1) is 11.1 Å². The van der Waals surface area contributed by atoms with Crippen molar-refractivity contribution in [2.24, 2.45) is 11.8 Å². The first-order valence-electron chi connectivity index (χ1n) is 9.86. The van der Waals surface area contributed by atoms with Gasteiger partial charge in [0.1, 0.15) is 10.9 Å². The number of H-pyrrole nitrogens is 1. The third-order valence-corrected chi connectivity index (χ3v) is 7.65. The summed E-state index contributed by atoms with van der Waals surface area (Å²) >= 11 is 2.89. The molecular weight excluding hydrogens is 380 g/mol. The second kappa shape index (κ2) is 7.95. The van der Waals surface area contributed by atoms with E-state index in [-0.39, 0.29) is 23.4 Å². The van der Waals surface area contributed by atoms with Crippen LogP contribution in [-0.4, -0.2) is 27.8 Å². The van der Waals surface area contributed by atoms with Crippen molar-refractivity contribution < 1.29 is 9.53 Å². The Balaban J connectivity index is 1.43. The average molecular weight is 407 g/mol. The van der Waals surface area contributed by atoms with E-state index in [1.54, 1.807) is 11.3 Å². The Labute approximate surface area is 167 Å². The molecule has 27 heavy (non-hydrogen) atoms. The van der Waals surface area contributed by atoms with Crippen molar-refractivity contribution in [2.75, 3.05) is 5.75 Å². The summed E-state index contributed by atoms with van der Waals surface area (Å²) in [6.07, 6.45) is 7.42. The summed E-state index contributed by atoms with van der Waals surface area (Å²) in [7, 11) is 0. The fraction of sp³-hybridized carbons (Fsp3) is 0.650. The van der Waals surface area contributed by atoms with Gasteiger partial charge in [-0.25, -0.2) is 4.98 Å². The van der Waals surface area contributed by atoms with Gasteiger partial charge in [-0.15, -0.1) is 11.3 Å². The Bertz CT molecular complexity index is 904. The van der Waals surface area contributed by atoms with Gasteiger partial charge in [-0.1, -0.05) is 32.0 Å². The number of rotatable bonds is 4. The minimum atomic E-state index is -0.221. The number of hydrogen-bond acceptors (Lipinski definition) is 6. The van der Waals surface area contributed by atoms with Crippen molar-refractivity contribution in [2.45, 2.75) is 70.1 Å². The molecule has 4 rings (SSSR count). The molecule has 0 aliphatic heterocycles. The maximum atomic E-state index is 12.6. The van der Waals surface area contributed by atoms with Gasteiger partial charge in [-0.3, -0.25) is 9.59 Å². The van der Waals surface area contributed by atoms with E-state index >= 15 is 0 Å². The third-order valence-electron chi connectivity index (χ3n) is 5.66. The summed E-state index contributed by atoms with van der Waals surface area (Å²) in [5.74, 6) is 1.25. The summed E-state index contributed by atoms with van der Waals surface area (Å²) in [5.41, 5.74) is 1.10. The molecule has 0 amide bonds. The lowest BCUT2D eigenvalue weighted by molar-refractivity contribution is -0.147. The number of carbonyl (C=O) groups excluding carboxylic acids is 1. The van der Waals surface area contributed by atoms with Crippen molar-refractivity contribution in [3.8, 4) is 0 Å². The number of ether oxygens (including phenoxy) is 1. The molecule has 0 saturated heterocycles. The van der Waals surface area contributed by atoms with Crippen LogP contribution in [0.1, 0.15) is 56.4 Å². The Kier molecular flexibility index (Phi) is 5.60. The zero-order valence-corrected chi connectivity index (χ0v) is 17.5. The molecule has 2 aliphatic carbocycles. The predicted molar refractivity (Wildman–Crippen MR) is 110 cm³/mol. The van der Waals surface area contributed by atoms with Crippen LogP contribution in [0.5, 0.6) is 0 Å². The fourth-order valence-electron chi connectivity index (χ4n) is 4.23. The summed E-state index contributed by atoms with van der Waals surface area (Å²) in [5, 5.41) is 1.26. The van der Waals surface area contributed by atoms with E-state index in [2.05, 4.69) is 23.8 Å². The molecule has 3 atom stereocenters. The van der Waals surface area contributed by atoms with E-state index in [0.29, 0.717) is 17.0 Å². The third kappa shape index (κ3) is 4.24. The molecule has 7 heteroatoms. The Hall–Kier alpha value is -1.34. The largest absolute Gasteiger partial charge is 0.462 e. The van der Waals surface area contributed by atoms with Crippen LogP contribution in [0.25, 0.3) is 10.2 Å². The van der Waals surface area contributed by atoms with E-state index in [1.807, 2.05) is 0 Å². The summed E-state index contributed by atoms with van der Waals surface area (Å²) in [4.78, 5) is 34.3. The molecule has 0 spiro atoms. The van der Waals surface area contributed by atoms with E-state index in [1.165, 1.54) is 28.6 Å². The zero-order valence-electron chi connectivity index (χ0n) is 15.9. The number of fused-ring (bicyclic) bond motifs is 3. The van der Waals surface area contributed by atoms with Crippen molar-refractivity contribution in [3.63, 3.8) is 0 Å². The van der Waals surface area contributed by atoms with E-state index in [9.17, 15) is 9.59 Å². The number of aromatic amines is 1. The number of thioether (sulfide) groups is 1. The highest BCUT2D eigenvalue weighted by atomic mass is 32.2. The number of aromatic nitrogens is 2. The van der Waals surface area contributed by atoms with E-state index in [4.69, 9.17) is 4.74 Å². The maximum absolute atomic E-state index is 12.6. The Morgan fingerprint density at radius 3 is 2.96 bits per heavy atom. The van der Waals surface area contributed by atoms with Crippen LogP contribution in [0.15, 0.2) is 9.95 Å². The molecule has 0 radical (unpaired) electrons. The molecule has 3 unspecified atom stereocenters. The second-order valence-corrected chi connectivity index (χ2v) is 10.1. The van der Waals surface area contributed by atoms with Gasteiger partial charge in [0.15, 0.2) is 5.16 Å². The van der Waals surface area contributed by atoms with Crippen LogP contribution < -0.4 is 5.56 Å². The minimum Gasteiger partial charge on any atom is -0.462 e. The maximum Gasteiger partial charge on any atom is 0.316 e. The summed E-state index contributed by atoms with van der Waals surface area (Å²) in [6, 6.07) is 0. The molecule has 2 aromatic heterocycles. The number of aryl methyl sites for hydroxylation is 1. The van der Waals surface area contributed by atoms with Gasteiger partial charge in [0, 0.05) is 4.88 Å². The van der Waals surface area contributed by atoms with Crippen LogP contribution in [-0.2, 0) is 22.4 Å². The van der Waals surface area contributed by atoms with Gasteiger partial charge in [-0.05, 0) is 55.9 Å². The molecule has 1 N–H and O–H groups in total. The number of carbonyl (C=O) groups is 1. The molecule has 146 valence electrons. The van der Waals surface area contributed by atoms with Crippen molar-refractivity contribution >= 4 is 39.3 Å². The predicted octanol–water partition coefficient (Wildman–Crippen LogP) is 4.32. The Morgan fingerprint density at radius 1 is 1.30 bits per heavy atom. The molecule has 1 fully saturated rings. The average Bonchev–Trinajstić information content (AvgIpc) is 2.97. The zero-order chi connectivity index (χ0) is 19.0. The molecule has 2 aromatic rings. The summed E-state index contributed by atoms with van der Waals surface area (Å²) in [6.45, 7) is 4.46. The molecule has 1 saturated carbocycles. The first kappa shape index (κ1) is 19.0. The smallest absolute Gasteiger partial charge is 0.316 e. The minimum absolute atomic E-state index is 0.0438. The van der Waals surface area contributed by atoms with Gasteiger partial charge in [0.25, 0.3) is 5.56 Å². The lowest BCUT2D eigenvalue weighted by Gasteiger charge is -2.26. The van der Waals surface area contributed by atoms with E-state index in [0.717, 1.165) is 48.7 Å². The highest BCUT2D eigenvalue weighted by Crippen LogP contribution is 2.36. The lowest BCUT2D eigenvalue weighted by atomic mass is 9.89. The standard InChI is InChI=1S/C20H26N2O3S2/c1-11-4-3-5-13(8-11)25-16(23)10-26-20-21-18(24)17-14-7-6-12(2)9-15(14)27-19(17)22-20/h11-13H,3-10H2,1-2H3,(H,21,22,24). The van der Waals surface area contributed by atoms with E-state index < -0.39 is 0 Å². The molecule has 5 nitrogen and oxygen atoms in total.